The molecule has 0 saturated carbocycles. The van der Waals surface area contributed by atoms with Crippen LogP contribution in [0, 0.1) is 0 Å². The van der Waals surface area contributed by atoms with Gasteiger partial charge in [0.1, 0.15) is 0 Å². The van der Waals surface area contributed by atoms with Crippen LogP contribution in [-0.4, -0.2) is 27.6 Å². The SMILES string of the molecule is C[C@H](NC(=O)[C@](C)(N)Cc1c[nH]c2ccccc12)C(O)c1ccccc1. The summed E-state index contributed by atoms with van der Waals surface area (Å²) < 4.78 is 0. The number of hydrogen-bond acceptors (Lipinski definition) is 3. The van der Waals surface area contributed by atoms with Crippen molar-refractivity contribution in [3.63, 3.8) is 0 Å². The number of amides is 1. The molecule has 0 bridgehead atoms. The normalized spacial score (nSPS) is 16.0. The molecule has 5 nitrogen and oxygen atoms in total. The van der Waals surface area contributed by atoms with Crippen LogP contribution >= 0.6 is 0 Å². The highest BCUT2D eigenvalue weighted by Gasteiger charge is 2.32. The van der Waals surface area contributed by atoms with Crippen LogP contribution in [0.25, 0.3) is 10.9 Å². The Hall–Kier alpha value is -2.63. The third kappa shape index (κ3) is 3.79. The van der Waals surface area contributed by atoms with E-state index in [1.54, 1.807) is 13.8 Å². The predicted octanol–water partition coefficient (Wildman–Crippen LogP) is 2.67. The number of carbonyl (C=O) groups is 1. The van der Waals surface area contributed by atoms with Crippen molar-refractivity contribution in [2.75, 3.05) is 0 Å². The van der Waals surface area contributed by atoms with E-state index in [1.807, 2.05) is 60.8 Å². The van der Waals surface area contributed by atoms with Gasteiger partial charge in [-0.3, -0.25) is 4.79 Å². The van der Waals surface area contributed by atoms with Gasteiger partial charge in [0.05, 0.1) is 17.7 Å². The average Bonchev–Trinajstić information content (AvgIpc) is 3.04. The first-order valence-electron chi connectivity index (χ1n) is 8.76. The molecule has 26 heavy (non-hydrogen) atoms. The van der Waals surface area contributed by atoms with E-state index in [9.17, 15) is 9.90 Å². The molecule has 5 heteroatoms. The van der Waals surface area contributed by atoms with Gasteiger partial charge in [0, 0.05) is 23.5 Å². The maximum absolute atomic E-state index is 12.7. The highest BCUT2D eigenvalue weighted by atomic mass is 16.3. The smallest absolute Gasteiger partial charge is 0.240 e. The minimum Gasteiger partial charge on any atom is -0.386 e. The number of rotatable bonds is 6. The topological polar surface area (TPSA) is 91.1 Å². The number of nitrogens with one attached hydrogen (secondary N) is 2. The average molecular weight is 351 g/mol. The quantitative estimate of drug-likeness (QED) is 0.550. The fourth-order valence-corrected chi connectivity index (χ4v) is 3.14. The Morgan fingerprint density at radius 3 is 2.58 bits per heavy atom. The Balaban J connectivity index is 1.69. The van der Waals surface area contributed by atoms with Crippen molar-refractivity contribution < 1.29 is 9.90 Å². The van der Waals surface area contributed by atoms with Gasteiger partial charge in [0.15, 0.2) is 0 Å². The molecule has 0 aliphatic heterocycles. The lowest BCUT2D eigenvalue weighted by Gasteiger charge is -2.28. The molecule has 3 atom stereocenters. The van der Waals surface area contributed by atoms with E-state index in [-0.39, 0.29) is 5.91 Å². The number of benzene rings is 2. The van der Waals surface area contributed by atoms with E-state index >= 15 is 0 Å². The van der Waals surface area contributed by atoms with Gasteiger partial charge in [-0.15, -0.1) is 0 Å². The second kappa shape index (κ2) is 7.32. The first kappa shape index (κ1) is 18.2. The van der Waals surface area contributed by atoms with Crippen molar-refractivity contribution >= 4 is 16.8 Å². The van der Waals surface area contributed by atoms with Crippen molar-refractivity contribution in [1.82, 2.24) is 10.3 Å². The Kier molecular flexibility index (Phi) is 5.11. The predicted molar refractivity (Wildman–Crippen MR) is 104 cm³/mol. The van der Waals surface area contributed by atoms with Gasteiger partial charge >= 0.3 is 0 Å². The van der Waals surface area contributed by atoms with Gasteiger partial charge in [0.25, 0.3) is 0 Å². The van der Waals surface area contributed by atoms with Crippen LogP contribution in [-0.2, 0) is 11.2 Å². The number of hydrogen-bond donors (Lipinski definition) is 4. The zero-order chi connectivity index (χ0) is 18.7. The fourth-order valence-electron chi connectivity index (χ4n) is 3.14. The molecule has 3 aromatic rings. The Morgan fingerprint density at radius 1 is 1.19 bits per heavy atom. The lowest BCUT2D eigenvalue weighted by molar-refractivity contribution is -0.127. The van der Waals surface area contributed by atoms with Crippen LogP contribution in [0.2, 0.25) is 0 Å². The van der Waals surface area contributed by atoms with Crippen LogP contribution < -0.4 is 11.1 Å². The van der Waals surface area contributed by atoms with Crippen molar-refractivity contribution in [2.45, 2.75) is 38.0 Å². The standard InChI is InChI=1S/C21H25N3O2/c1-14(19(25)15-8-4-3-5-9-15)24-20(26)21(2,22)12-16-13-23-18-11-7-6-10-17(16)18/h3-11,13-14,19,23,25H,12,22H2,1-2H3,(H,24,26)/t14-,19?,21+/m0/s1. The summed E-state index contributed by atoms with van der Waals surface area (Å²) in [7, 11) is 0. The molecule has 2 aromatic carbocycles. The summed E-state index contributed by atoms with van der Waals surface area (Å²) >= 11 is 0. The summed E-state index contributed by atoms with van der Waals surface area (Å²) in [5.74, 6) is -0.287. The minimum atomic E-state index is -1.09. The van der Waals surface area contributed by atoms with E-state index in [4.69, 9.17) is 5.73 Å². The Labute approximate surface area is 153 Å². The van der Waals surface area contributed by atoms with Gasteiger partial charge in [-0.2, -0.15) is 0 Å². The minimum absolute atomic E-state index is 0.287. The van der Waals surface area contributed by atoms with E-state index in [0.717, 1.165) is 22.0 Å². The summed E-state index contributed by atoms with van der Waals surface area (Å²) in [6.07, 6.45) is 1.51. The molecule has 136 valence electrons. The van der Waals surface area contributed by atoms with Gasteiger partial charge in [-0.1, -0.05) is 48.5 Å². The summed E-state index contributed by atoms with van der Waals surface area (Å²) in [4.78, 5) is 15.9. The number of para-hydroxylation sites is 1. The van der Waals surface area contributed by atoms with Gasteiger partial charge < -0.3 is 21.1 Å². The summed E-state index contributed by atoms with van der Waals surface area (Å²) in [5, 5.41) is 14.4. The largest absolute Gasteiger partial charge is 0.386 e. The zero-order valence-electron chi connectivity index (χ0n) is 15.1. The van der Waals surface area contributed by atoms with E-state index in [2.05, 4.69) is 10.3 Å². The van der Waals surface area contributed by atoms with Crippen LogP contribution in [0.5, 0.6) is 0 Å². The maximum atomic E-state index is 12.7. The van der Waals surface area contributed by atoms with Crippen molar-refractivity contribution in [3.8, 4) is 0 Å². The lowest BCUT2D eigenvalue weighted by atomic mass is 9.92. The molecule has 0 spiro atoms. The van der Waals surface area contributed by atoms with Crippen LogP contribution in [0.3, 0.4) is 0 Å². The molecule has 1 unspecified atom stereocenters. The van der Waals surface area contributed by atoms with Gasteiger partial charge in [-0.05, 0) is 31.0 Å². The van der Waals surface area contributed by atoms with Crippen LogP contribution in [0.1, 0.15) is 31.1 Å². The van der Waals surface area contributed by atoms with Gasteiger partial charge in [-0.25, -0.2) is 0 Å². The molecule has 3 rings (SSSR count). The molecular formula is C21H25N3O2. The van der Waals surface area contributed by atoms with E-state index in [1.165, 1.54) is 0 Å². The molecule has 0 fully saturated rings. The number of aliphatic hydroxyl groups excluding tert-OH is 1. The molecule has 1 amide bonds. The Bertz CT molecular complexity index is 886. The second-order valence-electron chi connectivity index (χ2n) is 7.07. The number of fused-ring (bicyclic) bond motifs is 1. The van der Waals surface area contributed by atoms with Crippen molar-refractivity contribution in [3.05, 3.63) is 71.9 Å². The van der Waals surface area contributed by atoms with Gasteiger partial charge in [0.2, 0.25) is 5.91 Å². The summed E-state index contributed by atoms with van der Waals surface area (Å²) in [5.41, 5.74) is 8.01. The lowest BCUT2D eigenvalue weighted by Crippen LogP contribution is -2.55. The molecule has 0 radical (unpaired) electrons. The number of aromatic amines is 1. The number of nitrogens with two attached hydrogens (primary N) is 1. The van der Waals surface area contributed by atoms with Crippen LogP contribution in [0.15, 0.2) is 60.8 Å². The molecule has 0 saturated heterocycles. The van der Waals surface area contributed by atoms with Crippen molar-refractivity contribution in [1.29, 1.82) is 0 Å². The third-order valence-electron chi connectivity index (χ3n) is 4.72. The Morgan fingerprint density at radius 2 is 1.85 bits per heavy atom. The molecule has 1 aromatic heterocycles. The van der Waals surface area contributed by atoms with Crippen molar-refractivity contribution in [2.24, 2.45) is 5.73 Å². The third-order valence-corrected chi connectivity index (χ3v) is 4.72. The number of H-pyrrole nitrogens is 1. The summed E-state index contributed by atoms with van der Waals surface area (Å²) in [6.45, 7) is 3.49. The van der Waals surface area contributed by atoms with E-state index < -0.39 is 17.7 Å². The maximum Gasteiger partial charge on any atom is 0.240 e. The monoisotopic (exact) mass is 351 g/mol. The first-order chi connectivity index (χ1) is 12.4. The first-order valence-corrected chi connectivity index (χ1v) is 8.76. The molecule has 0 aliphatic carbocycles. The van der Waals surface area contributed by atoms with E-state index in [0.29, 0.717) is 6.42 Å². The number of aliphatic hydroxyl groups is 1. The highest BCUT2D eigenvalue weighted by Crippen LogP contribution is 2.22. The molecule has 1 heterocycles. The van der Waals surface area contributed by atoms with Crippen LogP contribution in [0.4, 0.5) is 0 Å². The number of carbonyl (C=O) groups excluding carboxylic acids is 1. The zero-order valence-corrected chi connectivity index (χ0v) is 15.1. The summed E-state index contributed by atoms with van der Waals surface area (Å²) in [6, 6.07) is 16.8. The molecule has 0 aliphatic rings. The molecule has 5 N–H and O–H groups in total. The highest BCUT2D eigenvalue weighted by molar-refractivity contribution is 5.88. The fraction of sp³-hybridized carbons (Fsp3) is 0.286. The molecular weight excluding hydrogens is 326 g/mol. The second-order valence-corrected chi connectivity index (χ2v) is 7.07. The number of aromatic nitrogens is 1.